The zero-order valence-corrected chi connectivity index (χ0v) is 11.2. The van der Waals surface area contributed by atoms with Gasteiger partial charge in [-0.05, 0) is 25.5 Å². The first-order valence-corrected chi connectivity index (χ1v) is 5.77. The van der Waals surface area contributed by atoms with Crippen LogP contribution in [0, 0.1) is 0 Å². The summed E-state index contributed by atoms with van der Waals surface area (Å²) in [5.41, 5.74) is 7.13. The average Bonchev–Trinajstić information content (AvgIpc) is 2.30. The summed E-state index contributed by atoms with van der Waals surface area (Å²) >= 11 is 0. The minimum absolute atomic E-state index is 0.0658. The molecule has 0 aliphatic heterocycles. The van der Waals surface area contributed by atoms with Crippen LogP contribution in [0.25, 0.3) is 0 Å². The summed E-state index contributed by atoms with van der Waals surface area (Å²) in [6.07, 6.45) is 0.227. The average molecular weight is 252 g/mol. The second-order valence-corrected chi connectivity index (χ2v) is 4.30. The number of amides is 1. The van der Waals surface area contributed by atoms with Gasteiger partial charge in [0.25, 0.3) is 0 Å². The van der Waals surface area contributed by atoms with Crippen LogP contribution in [0.5, 0.6) is 11.5 Å². The number of rotatable bonds is 5. The second-order valence-electron chi connectivity index (χ2n) is 4.30. The van der Waals surface area contributed by atoms with Gasteiger partial charge in [0.15, 0.2) is 11.5 Å². The van der Waals surface area contributed by atoms with Crippen LogP contribution >= 0.6 is 0 Å². The number of carbonyl (C=O) groups is 1. The maximum atomic E-state index is 11.7. The Morgan fingerprint density at radius 3 is 2.33 bits per heavy atom. The minimum Gasteiger partial charge on any atom is -0.493 e. The monoisotopic (exact) mass is 252 g/mol. The molecular weight excluding hydrogens is 232 g/mol. The number of hydrogen-bond donors (Lipinski definition) is 2. The third-order valence-corrected chi connectivity index (χ3v) is 2.45. The number of nitrogens with one attached hydrogen (secondary N) is 1. The van der Waals surface area contributed by atoms with E-state index in [0.29, 0.717) is 17.2 Å². The Balaban J connectivity index is 2.92. The lowest BCUT2D eigenvalue weighted by Crippen LogP contribution is -2.31. The van der Waals surface area contributed by atoms with Gasteiger partial charge in [-0.2, -0.15) is 0 Å². The van der Waals surface area contributed by atoms with Crippen molar-refractivity contribution in [3.8, 4) is 11.5 Å². The standard InChI is InChI=1S/C13H20N2O3/c1-8(2)15-13(16)6-9-5-11(17-3)12(18-4)7-10(9)14/h5,7-8H,6,14H2,1-4H3,(H,15,16). The van der Waals surface area contributed by atoms with E-state index in [4.69, 9.17) is 15.2 Å². The molecule has 18 heavy (non-hydrogen) atoms. The number of hydrogen-bond acceptors (Lipinski definition) is 4. The van der Waals surface area contributed by atoms with Gasteiger partial charge >= 0.3 is 0 Å². The molecule has 1 amide bonds. The zero-order valence-electron chi connectivity index (χ0n) is 11.2. The van der Waals surface area contributed by atoms with E-state index < -0.39 is 0 Å². The highest BCUT2D eigenvalue weighted by molar-refractivity contribution is 5.81. The minimum atomic E-state index is -0.0658. The predicted molar refractivity (Wildman–Crippen MR) is 70.9 cm³/mol. The Hall–Kier alpha value is -1.91. The Morgan fingerprint density at radius 1 is 1.28 bits per heavy atom. The molecule has 0 bridgehead atoms. The van der Waals surface area contributed by atoms with E-state index in [1.807, 2.05) is 13.8 Å². The maximum absolute atomic E-state index is 11.7. The molecule has 0 heterocycles. The summed E-state index contributed by atoms with van der Waals surface area (Å²) in [6, 6.07) is 3.50. The molecule has 0 fully saturated rings. The Labute approximate surface area is 107 Å². The molecule has 1 aromatic carbocycles. The van der Waals surface area contributed by atoms with E-state index in [-0.39, 0.29) is 18.4 Å². The third-order valence-electron chi connectivity index (χ3n) is 2.45. The molecule has 1 aromatic rings. The Bertz CT molecular complexity index is 430. The summed E-state index contributed by atoms with van der Waals surface area (Å²) in [7, 11) is 3.09. The van der Waals surface area contributed by atoms with E-state index in [0.717, 1.165) is 5.56 Å². The highest BCUT2D eigenvalue weighted by Gasteiger charge is 2.12. The maximum Gasteiger partial charge on any atom is 0.224 e. The van der Waals surface area contributed by atoms with Crippen molar-refractivity contribution in [2.24, 2.45) is 0 Å². The molecule has 5 heteroatoms. The van der Waals surface area contributed by atoms with E-state index in [9.17, 15) is 4.79 Å². The number of methoxy groups -OCH3 is 2. The molecule has 1 rings (SSSR count). The van der Waals surface area contributed by atoms with Crippen molar-refractivity contribution in [2.75, 3.05) is 20.0 Å². The van der Waals surface area contributed by atoms with Crippen LogP contribution in [0.1, 0.15) is 19.4 Å². The first kappa shape index (κ1) is 14.2. The fraction of sp³-hybridized carbons (Fsp3) is 0.462. The molecular formula is C13H20N2O3. The summed E-state index contributed by atoms with van der Waals surface area (Å²) in [5.74, 6) is 1.06. The number of benzene rings is 1. The van der Waals surface area contributed by atoms with Crippen molar-refractivity contribution >= 4 is 11.6 Å². The Kier molecular flexibility index (Phi) is 4.83. The van der Waals surface area contributed by atoms with Gasteiger partial charge in [0.1, 0.15) is 0 Å². The second kappa shape index (κ2) is 6.14. The van der Waals surface area contributed by atoms with Crippen LogP contribution in [0.4, 0.5) is 5.69 Å². The lowest BCUT2D eigenvalue weighted by Gasteiger charge is -2.13. The summed E-state index contributed by atoms with van der Waals surface area (Å²) < 4.78 is 10.3. The summed E-state index contributed by atoms with van der Waals surface area (Å²) in [5, 5.41) is 2.82. The zero-order chi connectivity index (χ0) is 13.7. The van der Waals surface area contributed by atoms with Gasteiger partial charge in [-0.25, -0.2) is 0 Å². The van der Waals surface area contributed by atoms with Crippen LogP contribution in [0.3, 0.4) is 0 Å². The van der Waals surface area contributed by atoms with Gasteiger partial charge in [-0.1, -0.05) is 0 Å². The topological polar surface area (TPSA) is 73.6 Å². The van der Waals surface area contributed by atoms with Crippen LogP contribution in [0.15, 0.2) is 12.1 Å². The van der Waals surface area contributed by atoms with Crippen molar-refractivity contribution in [1.82, 2.24) is 5.32 Å². The molecule has 0 atom stereocenters. The van der Waals surface area contributed by atoms with Crippen molar-refractivity contribution < 1.29 is 14.3 Å². The van der Waals surface area contributed by atoms with Gasteiger partial charge in [0.2, 0.25) is 5.91 Å². The van der Waals surface area contributed by atoms with Crippen LogP contribution in [-0.4, -0.2) is 26.2 Å². The van der Waals surface area contributed by atoms with Crippen molar-refractivity contribution in [3.63, 3.8) is 0 Å². The highest BCUT2D eigenvalue weighted by Crippen LogP contribution is 2.32. The highest BCUT2D eigenvalue weighted by atomic mass is 16.5. The van der Waals surface area contributed by atoms with Gasteiger partial charge in [-0.3, -0.25) is 4.79 Å². The lowest BCUT2D eigenvalue weighted by atomic mass is 10.1. The molecule has 0 aliphatic carbocycles. The molecule has 0 aliphatic rings. The van der Waals surface area contributed by atoms with Crippen LogP contribution < -0.4 is 20.5 Å². The smallest absolute Gasteiger partial charge is 0.224 e. The Morgan fingerprint density at radius 2 is 1.83 bits per heavy atom. The molecule has 3 N–H and O–H groups in total. The van der Waals surface area contributed by atoms with Crippen LogP contribution in [-0.2, 0) is 11.2 Å². The summed E-state index contributed by atoms with van der Waals surface area (Å²) in [4.78, 5) is 11.7. The predicted octanol–water partition coefficient (Wildman–Crippen LogP) is 1.35. The molecule has 0 spiro atoms. The van der Waals surface area contributed by atoms with E-state index in [1.165, 1.54) is 0 Å². The molecule has 0 aromatic heterocycles. The number of nitrogen functional groups attached to an aromatic ring is 1. The van der Waals surface area contributed by atoms with Crippen LogP contribution in [0.2, 0.25) is 0 Å². The third kappa shape index (κ3) is 3.55. The van der Waals surface area contributed by atoms with Gasteiger partial charge in [0, 0.05) is 17.8 Å². The van der Waals surface area contributed by atoms with E-state index >= 15 is 0 Å². The first-order chi connectivity index (χ1) is 8.47. The van der Waals surface area contributed by atoms with Gasteiger partial charge < -0.3 is 20.5 Å². The van der Waals surface area contributed by atoms with E-state index in [2.05, 4.69) is 5.32 Å². The fourth-order valence-electron chi connectivity index (χ4n) is 1.64. The summed E-state index contributed by atoms with van der Waals surface area (Å²) in [6.45, 7) is 3.83. The number of nitrogens with two attached hydrogens (primary N) is 1. The van der Waals surface area contributed by atoms with Gasteiger partial charge in [-0.15, -0.1) is 0 Å². The van der Waals surface area contributed by atoms with E-state index in [1.54, 1.807) is 26.4 Å². The molecule has 5 nitrogen and oxygen atoms in total. The number of carbonyl (C=O) groups excluding carboxylic acids is 1. The quantitative estimate of drug-likeness (QED) is 0.776. The SMILES string of the molecule is COc1cc(N)c(CC(=O)NC(C)C)cc1OC. The number of ether oxygens (including phenoxy) is 2. The van der Waals surface area contributed by atoms with Crippen molar-refractivity contribution in [3.05, 3.63) is 17.7 Å². The fourth-order valence-corrected chi connectivity index (χ4v) is 1.64. The molecule has 0 saturated heterocycles. The molecule has 0 radical (unpaired) electrons. The first-order valence-electron chi connectivity index (χ1n) is 5.77. The molecule has 0 unspecified atom stereocenters. The normalized spacial score (nSPS) is 10.3. The lowest BCUT2D eigenvalue weighted by molar-refractivity contribution is -0.120. The van der Waals surface area contributed by atoms with Crippen molar-refractivity contribution in [2.45, 2.75) is 26.3 Å². The molecule has 100 valence electrons. The van der Waals surface area contributed by atoms with Crippen molar-refractivity contribution in [1.29, 1.82) is 0 Å². The van der Waals surface area contributed by atoms with Gasteiger partial charge in [0.05, 0.1) is 20.6 Å². The number of anilines is 1. The molecule has 0 saturated carbocycles. The largest absolute Gasteiger partial charge is 0.493 e.